The summed E-state index contributed by atoms with van der Waals surface area (Å²) in [6.45, 7) is 2.37. The van der Waals surface area contributed by atoms with E-state index in [9.17, 15) is 4.39 Å². The van der Waals surface area contributed by atoms with Crippen molar-refractivity contribution in [2.45, 2.75) is 19.5 Å². The van der Waals surface area contributed by atoms with E-state index in [1.54, 1.807) is 23.1 Å². The molecule has 2 aromatic rings. The van der Waals surface area contributed by atoms with Crippen LogP contribution in [0.3, 0.4) is 0 Å². The molecule has 1 aromatic heterocycles. The lowest BCUT2D eigenvalue weighted by molar-refractivity contribution is 0.616. The van der Waals surface area contributed by atoms with E-state index >= 15 is 0 Å². The molecule has 0 radical (unpaired) electrons. The van der Waals surface area contributed by atoms with Gasteiger partial charge in [-0.1, -0.05) is 6.07 Å². The lowest BCUT2D eigenvalue weighted by Crippen LogP contribution is -2.08. The minimum atomic E-state index is -0.274. The van der Waals surface area contributed by atoms with Gasteiger partial charge in [-0.2, -0.15) is 5.10 Å². The molecule has 6 heteroatoms. The molecule has 4 nitrogen and oxygen atoms in total. The van der Waals surface area contributed by atoms with Crippen molar-refractivity contribution in [1.29, 1.82) is 0 Å². The average molecular weight is 299 g/mol. The zero-order valence-electron chi connectivity index (χ0n) is 9.27. The summed E-state index contributed by atoms with van der Waals surface area (Å²) in [7, 11) is 0. The van der Waals surface area contributed by atoms with E-state index in [0.29, 0.717) is 16.8 Å². The molecule has 0 saturated heterocycles. The topological polar surface area (TPSA) is 56.7 Å². The monoisotopic (exact) mass is 298 g/mol. The SMILES string of the molecule is CC(N)c1ncn(Cc2ccc(F)c(Br)c2)n1. The number of benzene rings is 1. The average Bonchev–Trinajstić information content (AvgIpc) is 2.72. The highest BCUT2D eigenvalue weighted by atomic mass is 79.9. The first kappa shape index (κ1) is 12.2. The first-order valence-corrected chi connectivity index (χ1v) is 5.94. The van der Waals surface area contributed by atoms with Gasteiger partial charge >= 0.3 is 0 Å². The van der Waals surface area contributed by atoms with Gasteiger partial charge in [-0.25, -0.2) is 14.1 Å². The zero-order valence-corrected chi connectivity index (χ0v) is 10.9. The molecule has 0 amide bonds. The highest BCUT2D eigenvalue weighted by molar-refractivity contribution is 9.10. The zero-order chi connectivity index (χ0) is 12.4. The standard InChI is InChI=1S/C11H12BrFN4/c1-7(14)11-15-6-17(16-11)5-8-2-3-10(13)9(12)4-8/h2-4,6-7H,5,14H2,1H3. The van der Waals surface area contributed by atoms with E-state index in [2.05, 4.69) is 26.0 Å². The van der Waals surface area contributed by atoms with Gasteiger partial charge in [0.2, 0.25) is 0 Å². The fraction of sp³-hybridized carbons (Fsp3) is 0.273. The summed E-state index contributed by atoms with van der Waals surface area (Å²) in [6.07, 6.45) is 1.62. The van der Waals surface area contributed by atoms with Crippen LogP contribution < -0.4 is 5.73 Å². The maximum Gasteiger partial charge on any atom is 0.166 e. The van der Waals surface area contributed by atoms with Crippen LogP contribution in [0.5, 0.6) is 0 Å². The van der Waals surface area contributed by atoms with Gasteiger partial charge in [-0.05, 0) is 40.5 Å². The summed E-state index contributed by atoms with van der Waals surface area (Å²) in [4.78, 5) is 4.09. The number of hydrogen-bond acceptors (Lipinski definition) is 3. The first-order valence-electron chi connectivity index (χ1n) is 5.15. The molecule has 0 aliphatic rings. The van der Waals surface area contributed by atoms with Crippen molar-refractivity contribution in [2.75, 3.05) is 0 Å². The molecular formula is C11H12BrFN4. The number of hydrogen-bond donors (Lipinski definition) is 1. The van der Waals surface area contributed by atoms with Crippen LogP contribution in [0.4, 0.5) is 4.39 Å². The van der Waals surface area contributed by atoms with Crippen molar-refractivity contribution in [3.05, 3.63) is 46.2 Å². The lowest BCUT2D eigenvalue weighted by atomic mass is 10.2. The third kappa shape index (κ3) is 2.89. The minimum Gasteiger partial charge on any atom is -0.321 e. The molecule has 0 saturated carbocycles. The van der Waals surface area contributed by atoms with Crippen LogP contribution in [0.25, 0.3) is 0 Å². The minimum absolute atomic E-state index is 0.184. The van der Waals surface area contributed by atoms with Crippen molar-refractivity contribution in [3.8, 4) is 0 Å². The summed E-state index contributed by atoms with van der Waals surface area (Å²) in [6, 6.07) is 4.68. The Balaban J connectivity index is 2.16. The Labute approximate surface area is 107 Å². The maximum absolute atomic E-state index is 13.0. The van der Waals surface area contributed by atoms with E-state index in [1.165, 1.54) is 6.07 Å². The highest BCUT2D eigenvalue weighted by Gasteiger charge is 2.06. The maximum atomic E-state index is 13.0. The molecular weight excluding hydrogens is 287 g/mol. The molecule has 17 heavy (non-hydrogen) atoms. The third-order valence-corrected chi connectivity index (χ3v) is 2.90. The molecule has 0 fully saturated rings. The molecule has 1 aromatic carbocycles. The van der Waals surface area contributed by atoms with E-state index in [4.69, 9.17) is 5.73 Å². The number of nitrogens with two attached hydrogens (primary N) is 1. The van der Waals surface area contributed by atoms with E-state index in [0.717, 1.165) is 5.56 Å². The predicted octanol–water partition coefficient (Wildman–Crippen LogP) is 2.25. The predicted molar refractivity (Wildman–Crippen MR) is 65.8 cm³/mol. The first-order chi connectivity index (χ1) is 8.06. The van der Waals surface area contributed by atoms with Gasteiger partial charge in [0.05, 0.1) is 17.1 Å². The Hall–Kier alpha value is -1.27. The Bertz CT molecular complexity index is 524. The second-order valence-electron chi connectivity index (χ2n) is 3.84. The summed E-state index contributed by atoms with van der Waals surface area (Å²) >= 11 is 3.15. The molecule has 0 spiro atoms. The van der Waals surface area contributed by atoms with Crippen LogP contribution >= 0.6 is 15.9 Å². The third-order valence-electron chi connectivity index (χ3n) is 2.29. The second kappa shape index (κ2) is 4.93. The summed E-state index contributed by atoms with van der Waals surface area (Å²) in [5.74, 6) is 0.329. The number of nitrogens with zero attached hydrogens (tertiary/aromatic N) is 3. The smallest absolute Gasteiger partial charge is 0.166 e. The van der Waals surface area contributed by atoms with Crippen molar-refractivity contribution >= 4 is 15.9 Å². The van der Waals surface area contributed by atoms with Crippen molar-refractivity contribution in [3.63, 3.8) is 0 Å². The van der Waals surface area contributed by atoms with Crippen LogP contribution in [0, 0.1) is 5.82 Å². The largest absolute Gasteiger partial charge is 0.321 e. The van der Waals surface area contributed by atoms with Gasteiger partial charge in [0.15, 0.2) is 5.82 Å². The summed E-state index contributed by atoms with van der Waals surface area (Å²) in [5.41, 5.74) is 6.61. The Morgan fingerprint density at radius 1 is 1.53 bits per heavy atom. The van der Waals surface area contributed by atoms with Crippen LogP contribution in [0.15, 0.2) is 29.0 Å². The molecule has 0 bridgehead atoms. The molecule has 1 heterocycles. The van der Waals surface area contributed by atoms with Gasteiger partial charge < -0.3 is 5.73 Å². The van der Waals surface area contributed by atoms with Gasteiger partial charge in [0.25, 0.3) is 0 Å². The van der Waals surface area contributed by atoms with E-state index < -0.39 is 0 Å². The summed E-state index contributed by atoms with van der Waals surface area (Å²) in [5, 5.41) is 4.23. The quantitative estimate of drug-likeness (QED) is 0.945. The molecule has 0 aliphatic heterocycles. The van der Waals surface area contributed by atoms with Gasteiger partial charge in [-0.3, -0.25) is 0 Å². The van der Waals surface area contributed by atoms with Gasteiger partial charge in [0.1, 0.15) is 12.1 Å². The van der Waals surface area contributed by atoms with E-state index in [-0.39, 0.29) is 11.9 Å². The van der Waals surface area contributed by atoms with Gasteiger partial charge in [-0.15, -0.1) is 0 Å². The molecule has 2 rings (SSSR count). The van der Waals surface area contributed by atoms with Crippen molar-refractivity contribution < 1.29 is 4.39 Å². The molecule has 1 atom stereocenters. The van der Waals surface area contributed by atoms with Crippen molar-refractivity contribution in [1.82, 2.24) is 14.8 Å². The van der Waals surface area contributed by atoms with Crippen LogP contribution in [0.1, 0.15) is 24.4 Å². The van der Waals surface area contributed by atoms with Crippen LogP contribution in [-0.4, -0.2) is 14.8 Å². The summed E-state index contributed by atoms with van der Waals surface area (Å²) < 4.78 is 15.2. The van der Waals surface area contributed by atoms with Crippen LogP contribution in [-0.2, 0) is 6.54 Å². The van der Waals surface area contributed by atoms with Crippen LogP contribution in [0.2, 0.25) is 0 Å². The Morgan fingerprint density at radius 3 is 2.88 bits per heavy atom. The highest BCUT2D eigenvalue weighted by Crippen LogP contribution is 2.17. The van der Waals surface area contributed by atoms with Gasteiger partial charge in [0, 0.05) is 0 Å². The fourth-order valence-electron chi connectivity index (χ4n) is 1.42. The Morgan fingerprint density at radius 2 is 2.29 bits per heavy atom. The molecule has 0 aliphatic carbocycles. The van der Waals surface area contributed by atoms with E-state index in [1.807, 2.05) is 6.92 Å². The number of aromatic nitrogens is 3. The normalized spacial score (nSPS) is 12.7. The van der Waals surface area contributed by atoms with Crippen molar-refractivity contribution in [2.24, 2.45) is 5.73 Å². The number of rotatable bonds is 3. The fourth-order valence-corrected chi connectivity index (χ4v) is 1.85. The Kier molecular flexibility index (Phi) is 3.54. The second-order valence-corrected chi connectivity index (χ2v) is 4.69. The molecule has 2 N–H and O–H groups in total. The lowest BCUT2D eigenvalue weighted by Gasteiger charge is -2.03. The molecule has 1 unspecified atom stereocenters. The molecule has 90 valence electrons. The number of halogens is 2.